The lowest BCUT2D eigenvalue weighted by molar-refractivity contribution is -0.113. The number of benzene rings is 3. The highest BCUT2D eigenvalue weighted by Crippen LogP contribution is 2.28. The summed E-state index contributed by atoms with van der Waals surface area (Å²) in [5.74, 6) is -0.433. The van der Waals surface area contributed by atoms with Crippen molar-refractivity contribution >= 4 is 33.5 Å². The second-order valence-corrected chi connectivity index (χ2v) is 4.46. The quantitative estimate of drug-likeness (QED) is 0.546. The third-order valence-electron chi connectivity index (χ3n) is 3.25. The Morgan fingerprint density at radius 3 is 2.47 bits per heavy atom. The van der Waals surface area contributed by atoms with E-state index >= 15 is 0 Å². The van der Waals surface area contributed by atoms with Gasteiger partial charge in [-0.3, -0.25) is 4.79 Å². The molecule has 0 aliphatic heterocycles. The van der Waals surface area contributed by atoms with Crippen LogP contribution in [-0.2, 0) is 4.79 Å². The molecule has 2 heteroatoms. The van der Waals surface area contributed by atoms with Gasteiger partial charge in [-0.25, -0.2) is 0 Å². The van der Waals surface area contributed by atoms with E-state index in [-0.39, 0.29) is 0 Å². The maximum absolute atomic E-state index is 10.9. The Bertz CT molecular complexity index is 803. The van der Waals surface area contributed by atoms with E-state index in [1.165, 1.54) is 22.2 Å². The first kappa shape index (κ1) is 11.5. The zero-order chi connectivity index (χ0) is 13.2. The molecule has 0 aromatic heterocycles. The summed E-state index contributed by atoms with van der Waals surface area (Å²) in [5, 5.41) is 4.74. The van der Waals surface area contributed by atoms with Crippen molar-refractivity contribution < 1.29 is 4.79 Å². The van der Waals surface area contributed by atoms with Crippen LogP contribution in [0.25, 0.3) is 27.6 Å². The Labute approximate surface area is 111 Å². The van der Waals surface area contributed by atoms with Gasteiger partial charge >= 0.3 is 0 Å². The summed E-state index contributed by atoms with van der Waals surface area (Å²) < 4.78 is 0. The van der Waals surface area contributed by atoms with Gasteiger partial charge in [0.15, 0.2) is 0 Å². The van der Waals surface area contributed by atoms with Gasteiger partial charge < -0.3 is 5.73 Å². The van der Waals surface area contributed by atoms with Crippen LogP contribution in [-0.4, -0.2) is 5.91 Å². The molecule has 0 bridgehead atoms. The molecule has 92 valence electrons. The zero-order valence-corrected chi connectivity index (χ0v) is 10.3. The standard InChI is InChI=1S/C17H13NO/c18-17(19)11-9-13-5-3-7-16-14-6-2-1-4-12(14)8-10-15(13)16/h1-11H,(H2,18,19). The highest BCUT2D eigenvalue weighted by Gasteiger charge is 2.02. The predicted molar refractivity (Wildman–Crippen MR) is 79.7 cm³/mol. The molecule has 0 aliphatic carbocycles. The third-order valence-corrected chi connectivity index (χ3v) is 3.25. The Balaban J connectivity index is 2.32. The van der Waals surface area contributed by atoms with E-state index in [4.69, 9.17) is 5.73 Å². The summed E-state index contributed by atoms with van der Waals surface area (Å²) in [7, 11) is 0. The fraction of sp³-hybridized carbons (Fsp3) is 0. The maximum Gasteiger partial charge on any atom is 0.241 e. The van der Waals surface area contributed by atoms with Crippen LogP contribution < -0.4 is 5.73 Å². The van der Waals surface area contributed by atoms with Gasteiger partial charge in [-0.1, -0.05) is 54.6 Å². The Morgan fingerprint density at radius 1 is 0.842 bits per heavy atom. The number of hydrogen-bond acceptors (Lipinski definition) is 1. The van der Waals surface area contributed by atoms with E-state index < -0.39 is 5.91 Å². The molecular weight excluding hydrogens is 234 g/mol. The summed E-state index contributed by atoms with van der Waals surface area (Å²) in [4.78, 5) is 10.9. The molecule has 0 spiro atoms. The van der Waals surface area contributed by atoms with Crippen LogP contribution in [0.2, 0.25) is 0 Å². The van der Waals surface area contributed by atoms with Crippen molar-refractivity contribution in [2.45, 2.75) is 0 Å². The van der Waals surface area contributed by atoms with Crippen molar-refractivity contribution in [1.29, 1.82) is 0 Å². The monoisotopic (exact) mass is 247 g/mol. The van der Waals surface area contributed by atoms with Gasteiger partial charge in [0, 0.05) is 6.08 Å². The van der Waals surface area contributed by atoms with Crippen LogP contribution in [0.4, 0.5) is 0 Å². The number of carbonyl (C=O) groups excluding carboxylic acids is 1. The second-order valence-electron chi connectivity index (χ2n) is 4.46. The number of carbonyl (C=O) groups is 1. The fourth-order valence-electron chi connectivity index (χ4n) is 2.38. The van der Waals surface area contributed by atoms with Crippen LogP contribution in [0.3, 0.4) is 0 Å². The van der Waals surface area contributed by atoms with E-state index in [1.807, 2.05) is 24.3 Å². The van der Waals surface area contributed by atoms with Gasteiger partial charge in [-0.05, 0) is 33.2 Å². The van der Waals surface area contributed by atoms with Crippen molar-refractivity contribution in [2.24, 2.45) is 5.73 Å². The summed E-state index contributed by atoms with van der Waals surface area (Å²) in [5.41, 5.74) is 6.15. The van der Waals surface area contributed by atoms with E-state index in [0.717, 1.165) is 10.9 Å². The SMILES string of the molecule is NC(=O)C=Cc1cccc2c1ccc1ccccc12. The molecule has 0 unspecified atom stereocenters. The number of hydrogen-bond donors (Lipinski definition) is 1. The minimum Gasteiger partial charge on any atom is -0.366 e. The van der Waals surface area contributed by atoms with Gasteiger partial charge in [-0.15, -0.1) is 0 Å². The third kappa shape index (κ3) is 2.08. The summed E-state index contributed by atoms with van der Waals surface area (Å²) >= 11 is 0. The molecular formula is C17H13NO. The molecule has 0 saturated heterocycles. The number of primary amides is 1. The minimum absolute atomic E-state index is 0.433. The molecule has 2 N–H and O–H groups in total. The topological polar surface area (TPSA) is 43.1 Å². The molecule has 3 aromatic carbocycles. The van der Waals surface area contributed by atoms with E-state index in [1.54, 1.807) is 6.08 Å². The molecule has 0 radical (unpaired) electrons. The Morgan fingerprint density at radius 2 is 1.63 bits per heavy atom. The van der Waals surface area contributed by atoms with Crippen molar-refractivity contribution in [3.05, 3.63) is 66.2 Å². The first-order valence-corrected chi connectivity index (χ1v) is 6.14. The largest absolute Gasteiger partial charge is 0.366 e. The number of amides is 1. The Kier molecular flexibility index (Phi) is 2.76. The molecule has 0 atom stereocenters. The maximum atomic E-state index is 10.9. The highest BCUT2D eigenvalue weighted by molar-refractivity contribution is 6.10. The first-order chi connectivity index (χ1) is 9.25. The zero-order valence-electron chi connectivity index (χ0n) is 10.3. The van der Waals surface area contributed by atoms with Crippen molar-refractivity contribution in [2.75, 3.05) is 0 Å². The van der Waals surface area contributed by atoms with Crippen LogP contribution in [0.15, 0.2) is 60.7 Å². The second kappa shape index (κ2) is 4.58. The summed E-state index contributed by atoms with van der Waals surface area (Å²) in [6, 6.07) is 18.5. The predicted octanol–water partition coefficient (Wildman–Crippen LogP) is 3.49. The lowest BCUT2D eigenvalue weighted by Crippen LogP contribution is -2.05. The van der Waals surface area contributed by atoms with Crippen molar-refractivity contribution in [3.8, 4) is 0 Å². The molecule has 1 amide bonds. The molecule has 0 fully saturated rings. The molecule has 2 nitrogen and oxygen atoms in total. The van der Waals surface area contributed by atoms with Crippen LogP contribution in [0, 0.1) is 0 Å². The summed E-state index contributed by atoms with van der Waals surface area (Å²) in [6.45, 7) is 0. The van der Waals surface area contributed by atoms with Gasteiger partial charge in [0.25, 0.3) is 0 Å². The number of nitrogens with two attached hydrogens (primary N) is 1. The average molecular weight is 247 g/mol. The van der Waals surface area contributed by atoms with Gasteiger partial charge in [-0.2, -0.15) is 0 Å². The van der Waals surface area contributed by atoms with Crippen LogP contribution >= 0.6 is 0 Å². The van der Waals surface area contributed by atoms with Crippen LogP contribution in [0.1, 0.15) is 5.56 Å². The number of rotatable bonds is 2. The smallest absolute Gasteiger partial charge is 0.241 e. The number of fused-ring (bicyclic) bond motifs is 3. The molecule has 0 heterocycles. The highest BCUT2D eigenvalue weighted by atomic mass is 16.1. The normalized spacial score (nSPS) is 11.4. The van der Waals surface area contributed by atoms with Gasteiger partial charge in [0.05, 0.1) is 0 Å². The lowest BCUT2D eigenvalue weighted by Gasteiger charge is -2.06. The summed E-state index contributed by atoms with van der Waals surface area (Å²) in [6.07, 6.45) is 3.16. The van der Waals surface area contributed by atoms with E-state index in [2.05, 4.69) is 30.3 Å². The van der Waals surface area contributed by atoms with Gasteiger partial charge in [0.1, 0.15) is 0 Å². The molecule has 0 aliphatic rings. The molecule has 3 aromatic rings. The molecule has 19 heavy (non-hydrogen) atoms. The molecule has 0 saturated carbocycles. The van der Waals surface area contributed by atoms with Crippen molar-refractivity contribution in [3.63, 3.8) is 0 Å². The molecule has 3 rings (SSSR count). The minimum atomic E-state index is -0.433. The van der Waals surface area contributed by atoms with E-state index in [9.17, 15) is 4.79 Å². The average Bonchev–Trinajstić information content (AvgIpc) is 2.44. The van der Waals surface area contributed by atoms with E-state index in [0.29, 0.717) is 0 Å². The first-order valence-electron chi connectivity index (χ1n) is 6.14. The van der Waals surface area contributed by atoms with Crippen molar-refractivity contribution in [1.82, 2.24) is 0 Å². The lowest BCUT2D eigenvalue weighted by atomic mass is 9.98. The fourth-order valence-corrected chi connectivity index (χ4v) is 2.38. The Hall–Kier alpha value is -2.61. The van der Waals surface area contributed by atoms with Gasteiger partial charge in [0.2, 0.25) is 5.91 Å². The van der Waals surface area contributed by atoms with Crippen LogP contribution in [0.5, 0.6) is 0 Å².